The average Bonchev–Trinajstić information content (AvgIpc) is 2.40. The zero-order chi connectivity index (χ0) is 15.8. The van der Waals surface area contributed by atoms with Crippen LogP contribution < -0.4 is 16.4 Å². The second kappa shape index (κ2) is 8.42. The highest BCUT2D eigenvalue weighted by Crippen LogP contribution is 2.15. The molecular formula is C16H25N3O2. The van der Waals surface area contributed by atoms with Crippen LogP contribution in [0.5, 0.6) is 0 Å². The molecule has 2 amide bonds. The predicted octanol–water partition coefficient (Wildman–Crippen LogP) is 2.74. The van der Waals surface area contributed by atoms with Gasteiger partial charge < -0.3 is 16.4 Å². The monoisotopic (exact) mass is 291 g/mol. The van der Waals surface area contributed by atoms with E-state index < -0.39 is 0 Å². The molecule has 0 heterocycles. The molecule has 5 heteroatoms. The van der Waals surface area contributed by atoms with Crippen LogP contribution in [0.15, 0.2) is 24.3 Å². The summed E-state index contributed by atoms with van der Waals surface area (Å²) in [5.41, 5.74) is 7.09. The summed E-state index contributed by atoms with van der Waals surface area (Å²) >= 11 is 0. The quantitative estimate of drug-likeness (QED) is 0.722. The first-order valence-electron chi connectivity index (χ1n) is 7.35. The summed E-state index contributed by atoms with van der Waals surface area (Å²) in [6.07, 6.45) is 2.09. The van der Waals surface area contributed by atoms with E-state index in [4.69, 9.17) is 5.73 Å². The lowest BCUT2D eigenvalue weighted by molar-refractivity contribution is -0.119. The summed E-state index contributed by atoms with van der Waals surface area (Å²) < 4.78 is 0. The van der Waals surface area contributed by atoms with Crippen LogP contribution in [-0.2, 0) is 9.59 Å². The molecule has 0 radical (unpaired) electrons. The van der Waals surface area contributed by atoms with Gasteiger partial charge in [-0.2, -0.15) is 0 Å². The van der Waals surface area contributed by atoms with Crippen LogP contribution in [0.2, 0.25) is 0 Å². The lowest BCUT2D eigenvalue weighted by atomic mass is 10.1. The van der Waals surface area contributed by atoms with Gasteiger partial charge in [0, 0.05) is 29.8 Å². The van der Waals surface area contributed by atoms with Crippen LogP contribution in [0.3, 0.4) is 0 Å². The van der Waals surface area contributed by atoms with Crippen LogP contribution in [0, 0.1) is 5.92 Å². The normalized spacial score (nSPS) is 12.0. The number of carbonyl (C=O) groups is 2. The van der Waals surface area contributed by atoms with E-state index >= 15 is 0 Å². The largest absolute Gasteiger partial charge is 0.328 e. The Morgan fingerprint density at radius 2 is 1.57 bits per heavy atom. The van der Waals surface area contributed by atoms with Crippen molar-refractivity contribution >= 4 is 23.2 Å². The van der Waals surface area contributed by atoms with Gasteiger partial charge in [-0.15, -0.1) is 0 Å². The fourth-order valence-corrected chi connectivity index (χ4v) is 1.73. The maximum absolute atomic E-state index is 11.7. The van der Waals surface area contributed by atoms with E-state index in [9.17, 15) is 9.59 Å². The van der Waals surface area contributed by atoms with Crippen molar-refractivity contribution in [3.8, 4) is 0 Å². The SMILES string of the molecule is CC(N)CCCC(=O)Nc1ccc(NC(=O)C(C)C)cc1. The second-order valence-electron chi connectivity index (χ2n) is 5.64. The number of amides is 2. The van der Waals surface area contributed by atoms with Gasteiger partial charge in [-0.05, 0) is 44.0 Å². The van der Waals surface area contributed by atoms with Crippen molar-refractivity contribution in [1.82, 2.24) is 0 Å². The zero-order valence-corrected chi connectivity index (χ0v) is 13.0. The standard InChI is InChI=1S/C16H25N3O2/c1-11(2)16(21)19-14-9-7-13(8-10-14)18-15(20)6-4-5-12(3)17/h7-12H,4-6,17H2,1-3H3,(H,18,20)(H,19,21). The van der Waals surface area contributed by atoms with Gasteiger partial charge in [0.05, 0.1) is 0 Å². The third-order valence-corrected chi connectivity index (χ3v) is 3.02. The summed E-state index contributed by atoms with van der Waals surface area (Å²) in [6.45, 7) is 5.61. The molecule has 21 heavy (non-hydrogen) atoms. The highest BCUT2D eigenvalue weighted by Gasteiger charge is 2.07. The van der Waals surface area contributed by atoms with Crippen LogP contribution >= 0.6 is 0 Å². The Morgan fingerprint density at radius 1 is 1.05 bits per heavy atom. The Balaban J connectivity index is 2.43. The van der Waals surface area contributed by atoms with E-state index in [0.29, 0.717) is 6.42 Å². The molecule has 0 saturated heterocycles. The minimum atomic E-state index is -0.0608. The molecule has 1 aromatic rings. The molecule has 0 aliphatic rings. The molecule has 4 N–H and O–H groups in total. The maximum Gasteiger partial charge on any atom is 0.226 e. The molecule has 0 spiro atoms. The third-order valence-electron chi connectivity index (χ3n) is 3.02. The highest BCUT2D eigenvalue weighted by molar-refractivity contribution is 5.93. The van der Waals surface area contributed by atoms with Gasteiger partial charge in [0.15, 0.2) is 0 Å². The molecule has 1 unspecified atom stereocenters. The Bertz CT molecular complexity index is 467. The number of nitrogens with two attached hydrogens (primary N) is 1. The molecule has 0 fully saturated rings. The van der Waals surface area contributed by atoms with E-state index in [0.717, 1.165) is 24.2 Å². The zero-order valence-electron chi connectivity index (χ0n) is 13.0. The molecule has 1 atom stereocenters. The van der Waals surface area contributed by atoms with Gasteiger partial charge in [-0.3, -0.25) is 9.59 Å². The lowest BCUT2D eigenvalue weighted by Gasteiger charge is -2.09. The molecule has 0 aromatic heterocycles. The van der Waals surface area contributed by atoms with Crippen LogP contribution in [0.25, 0.3) is 0 Å². The van der Waals surface area contributed by atoms with E-state index in [2.05, 4.69) is 10.6 Å². The third kappa shape index (κ3) is 6.90. The number of nitrogens with one attached hydrogen (secondary N) is 2. The van der Waals surface area contributed by atoms with E-state index in [1.54, 1.807) is 24.3 Å². The van der Waals surface area contributed by atoms with Crippen molar-refractivity contribution in [3.63, 3.8) is 0 Å². The highest BCUT2D eigenvalue weighted by atomic mass is 16.2. The molecule has 5 nitrogen and oxygen atoms in total. The van der Waals surface area contributed by atoms with E-state index in [-0.39, 0.29) is 23.8 Å². The molecule has 0 aliphatic carbocycles. The molecule has 0 bridgehead atoms. The van der Waals surface area contributed by atoms with Crippen LogP contribution in [-0.4, -0.2) is 17.9 Å². The fourth-order valence-electron chi connectivity index (χ4n) is 1.73. The molecule has 1 aromatic carbocycles. The minimum absolute atomic E-state index is 0.0189. The number of hydrogen-bond acceptors (Lipinski definition) is 3. The molecule has 0 aliphatic heterocycles. The smallest absolute Gasteiger partial charge is 0.226 e. The second-order valence-corrected chi connectivity index (χ2v) is 5.64. The Kier molecular flexibility index (Phi) is 6.88. The Morgan fingerprint density at radius 3 is 2.05 bits per heavy atom. The summed E-state index contributed by atoms with van der Waals surface area (Å²) in [5, 5.41) is 5.63. The molecule has 1 rings (SSSR count). The Hall–Kier alpha value is -1.88. The van der Waals surface area contributed by atoms with Crippen molar-refractivity contribution in [2.45, 2.75) is 46.1 Å². The first-order valence-corrected chi connectivity index (χ1v) is 7.35. The van der Waals surface area contributed by atoms with Crippen molar-refractivity contribution in [1.29, 1.82) is 0 Å². The number of hydrogen-bond donors (Lipinski definition) is 3. The average molecular weight is 291 g/mol. The van der Waals surface area contributed by atoms with Gasteiger partial charge >= 0.3 is 0 Å². The summed E-state index contributed by atoms with van der Waals surface area (Å²) in [5.74, 6) is -0.105. The number of benzene rings is 1. The topological polar surface area (TPSA) is 84.2 Å². The van der Waals surface area contributed by atoms with Crippen molar-refractivity contribution in [2.24, 2.45) is 11.7 Å². The predicted molar refractivity (Wildman–Crippen MR) is 86.0 cm³/mol. The van der Waals surface area contributed by atoms with Gasteiger partial charge in [0.2, 0.25) is 11.8 Å². The van der Waals surface area contributed by atoms with Gasteiger partial charge in [0.25, 0.3) is 0 Å². The first kappa shape index (κ1) is 17.2. The van der Waals surface area contributed by atoms with E-state index in [1.807, 2.05) is 20.8 Å². The fraction of sp³-hybridized carbons (Fsp3) is 0.500. The summed E-state index contributed by atoms with van der Waals surface area (Å²) in [6, 6.07) is 7.23. The van der Waals surface area contributed by atoms with Crippen molar-refractivity contribution in [3.05, 3.63) is 24.3 Å². The van der Waals surface area contributed by atoms with Crippen molar-refractivity contribution in [2.75, 3.05) is 10.6 Å². The minimum Gasteiger partial charge on any atom is -0.328 e. The maximum atomic E-state index is 11.7. The van der Waals surface area contributed by atoms with Gasteiger partial charge in [0.1, 0.15) is 0 Å². The van der Waals surface area contributed by atoms with Crippen molar-refractivity contribution < 1.29 is 9.59 Å². The van der Waals surface area contributed by atoms with Crippen LogP contribution in [0.1, 0.15) is 40.0 Å². The summed E-state index contributed by atoms with van der Waals surface area (Å²) in [7, 11) is 0. The summed E-state index contributed by atoms with van der Waals surface area (Å²) in [4.78, 5) is 23.3. The number of carbonyl (C=O) groups excluding carboxylic acids is 2. The number of rotatable bonds is 7. The van der Waals surface area contributed by atoms with E-state index in [1.165, 1.54) is 0 Å². The van der Waals surface area contributed by atoms with Gasteiger partial charge in [-0.1, -0.05) is 13.8 Å². The molecular weight excluding hydrogens is 266 g/mol. The lowest BCUT2D eigenvalue weighted by Crippen LogP contribution is -2.18. The Labute approximate surface area is 126 Å². The van der Waals surface area contributed by atoms with Crippen LogP contribution in [0.4, 0.5) is 11.4 Å². The number of anilines is 2. The molecule has 116 valence electrons. The van der Waals surface area contributed by atoms with Gasteiger partial charge in [-0.25, -0.2) is 0 Å². The first-order chi connectivity index (χ1) is 9.88. The molecule has 0 saturated carbocycles.